The van der Waals surface area contributed by atoms with E-state index in [-0.39, 0.29) is 47.8 Å². The molecule has 3 amide bonds. The maximum atomic E-state index is 13.7. The highest BCUT2D eigenvalue weighted by Crippen LogP contribution is 2.41. The van der Waals surface area contributed by atoms with E-state index in [1.807, 2.05) is 51.8 Å². The summed E-state index contributed by atoms with van der Waals surface area (Å²) in [7, 11) is 6.71. The van der Waals surface area contributed by atoms with Crippen molar-refractivity contribution >= 4 is 63.1 Å². The highest BCUT2D eigenvalue weighted by Gasteiger charge is 2.36. The summed E-state index contributed by atoms with van der Waals surface area (Å²) in [6.07, 6.45) is 14.6. The Morgan fingerprint density at radius 3 is 1.76 bits per heavy atom. The number of aromatic nitrogens is 1. The molecule has 3 fully saturated rings. The van der Waals surface area contributed by atoms with Gasteiger partial charge >= 0.3 is 0 Å². The molecule has 6 heterocycles. The third-order valence-corrected chi connectivity index (χ3v) is 16.0. The molecule has 2 atom stereocenters. The number of pyridine rings is 1. The van der Waals surface area contributed by atoms with Gasteiger partial charge in [0.25, 0.3) is 11.8 Å². The highest BCUT2D eigenvalue weighted by molar-refractivity contribution is 8.76. The fraction of sp³-hybridized carbons (Fsp3) is 0.490. The normalized spacial score (nSPS) is 20.4. The van der Waals surface area contributed by atoms with Gasteiger partial charge in [-0.05, 0) is 102 Å². The monoisotopic (exact) mass is 949 g/mol. The number of amides is 3. The fourth-order valence-electron chi connectivity index (χ4n) is 9.40. The number of ether oxygens (including phenoxy) is 4. The standard InChI is InChI=1S/C51H63N7O7S2/c1-8-33-21-38-27-52-42-25-46(44(62-5)23-40(42)49(60)57(38)29-33)64-31-36-19-35(11-10-14-55-15-17-56(18-16-55)48(59)12-13-51(3,4)67-66-7)20-37(54-36)32-65-47-26-43-41(24-45(47)63-6)50(61)58-30-34(9-2)22-39(58)28-53-43/h8-9,19-20,23-28,38-39H,10-18,21-22,29-32H2,1-7H3/b33-8-,34-9+/t38-,39-/m0/s1. The largest absolute Gasteiger partial charge is 0.493 e. The number of piperazine rings is 1. The van der Waals surface area contributed by atoms with E-state index in [1.165, 1.54) is 11.1 Å². The van der Waals surface area contributed by atoms with Crippen LogP contribution in [0, 0.1) is 0 Å². The summed E-state index contributed by atoms with van der Waals surface area (Å²) in [5.41, 5.74) is 6.94. The Morgan fingerprint density at radius 2 is 1.28 bits per heavy atom. The first-order chi connectivity index (χ1) is 32.4. The first-order valence-electron chi connectivity index (χ1n) is 23.3. The molecule has 0 bridgehead atoms. The molecule has 0 aliphatic carbocycles. The lowest BCUT2D eigenvalue weighted by atomic mass is 10.1. The molecule has 0 radical (unpaired) electrons. The second-order valence-corrected chi connectivity index (χ2v) is 21.4. The molecule has 3 aromatic rings. The second-order valence-electron chi connectivity index (χ2n) is 18.3. The van der Waals surface area contributed by atoms with Gasteiger partial charge in [-0.1, -0.05) is 44.9 Å². The summed E-state index contributed by atoms with van der Waals surface area (Å²) in [6, 6.07) is 10.9. The van der Waals surface area contributed by atoms with Gasteiger partial charge in [0.1, 0.15) is 13.2 Å². The lowest BCUT2D eigenvalue weighted by Crippen LogP contribution is -2.49. The molecule has 2 aromatic carbocycles. The summed E-state index contributed by atoms with van der Waals surface area (Å²) in [6.45, 7) is 13.9. The number of benzene rings is 2. The van der Waals surface area contributed by atoms with Gasteiger partial charge in [-0.2, -0.15) is 0 Å². The van der Waals surface area contributed by atoms with Crippen LogP contribution in [0.3, 0.4) is 0 Å². The molecule has 67 heavy (non-hydrogen) atoms. The van der Waals surface area contributed by atoms with E-state index in [2.05, 4.69) is 49.3 Å². The molecule has 356 valence electrons. The number of methoxy groups -OCH3 is 2. The van der Waals surface area contributed by atoms with Gasteiger partial charge in [0.05, 0.1) is 60.2 Å². The van der Waals surface area contributed by atoms with E-state index >= 15 is 0 Å². The molecular formula is C51H63N7O7S2. The van der Waals surface area contributed by atoms with Gasteiger partial charge < -0.3 is 33.6 Å². The first kappa shape index (κ1) is 48.1. The average Bonchev–Trinajstić information content (AvgIpc) is 3.91. The lowest BCUT2D eigenvalue weighted by molar-refractivity contribution is -0.133. The maximum Gasteiger partial charge on any atom is 0.257 e. The zero-order valence-electron chi connectivity index (χ0n) is 39.8. The number of aryl methyl sites for hydroxylation is 1. The Morgan fingerprint density at radius 1 is 0.761 bits per heavy atom. The van der Waals surface area contributed by atoms with Crippen LogP contribution in [0.5, 0.6) is 23.0 Å². The van der Waals surface area contributed by atoms with Gasteiger partial charge in [-0.3, -0.25) is 34.3 Å². The van der Waals surface area contributed by atoms with E-state index in [1.54, 1.807) is 49.3 Å². The predicted molar refractivity (Wildman–Crippen MR) is 267 cm³/mol. The number of fused-ring (bicyclic) bond motifs is 4. The van der Waals surface area contributed by atoms with Crippen molar-refractivity contribution in [1.29, 1.82) is 0 Å². The number of hydrogen-bond donors (Lipinski definition) is 0. The van der Waals surface area contributed by atoms with Crippen LogP contribution in [0.2, 0.25) is 0 Å². The molecule has 14 nitrogen and oxygen atoms in total. The van der Waals surface area contributed by atoms with Crippen molar-refractivity contribution in [3.05, 3.63) is 87.8 Å². The Balaban J connectivity index is 0.975. The minimum absolute atomic E-state index is 0.0700. The summed E-state index contributed by atoms with van der Waals surface area (Å²) in [5, 5.41) is 0. The summed E-state index contributed by atoms with van der Waals surface area (Å²) >= 11 is 0. The number of aliphatic imine (C=N–C) groups is 2. The molecule has 0 spiro atoms. The Hall–Kier alpha value is -5.32. The van der Waals surface area contributed by atoms with Gasteiger partial charge in [-0.25, -0.2) is 0 Å². The summed E-state index contributed by atoms with van der Waals surface area (Å²) in [5.74, 6) is 1.87. The van der Waals surface area contributed by atoms with E-state index in [9.17, 15) is 14.4 Å². The van der Waals surface area contributed by atoms with Gasteiger partial charge in [-0.15, -0.1) is 0 Å². The van der Waals surface area contributed by atoms with Crippen LogP contribution in [0.4, 0.5) is 11.4 Å². The number of allylic oxidation sites excluding steroid dienone is 2. The second kappa shape index (κ2) is 21.3. The third-order valence-electron chi connectivity index (χ3n) is 13.3. The van der Waals surface area contributed by atoms with Gasteiger partial charge in [0.2, 0.25) is 5.91 Å². The zero-order valence-corrected chi connectivity index (χ0v) is 41.5. The van der Waals surface area contributed by atoms with Gasteiger partial charge in [0, 0.05) is 75.0 Å². The molecule has 16 heteroatoms. The quantitative estimate of drug-likeness (QED) is 0.0950. The lowest BCUT2D eigenvalue weighted by Gasteiger charge is -2.35. The van der Waals surface area contributed by atoms with E-state index in [0.29, 0.717) is 76.4 Å². The number of carbonyl (C=O) groups is 3. The van der Waals surface area contributed by atoms with Crippen LogP contribution in [0.1, 0.15) is 97.5 Å². The molecule has 8 rings (SSSR count). The van der Waals surface area contributed by atoms with Crippen LogP contribution >= 0.6 is 21.6 Å². The minimum Gasteiger partial charge on any atom is -0.493 e. The molecule has 5 aliphatic rings. The van der Waals surface area contributed by atoms with Crippen LogP contribution in [-0.2, 0) is 24.4 Å². The molecule has 3 saturated heterocycles. The third kappa shape index (κ3) is 11.2. The van der Waals surface area contributed by atoms with Crippen LogP contribution in [0.15, 0.2) is 69.7 Å². The smallest absolute Gasteiger partial charge is 0.257 e. The minimum atomic E-state index is -0.0927. The summed E-state index contributed by atoms with van der Waals surface area (Å²) < 4.78 is 24.5. The van der Waals surface area contributed by atoms with Crippen LogP contribution < -0.4 is 18.9 Å². The topological polar surface area (TPSA) is 139 Å². The van der Waals surface area contributed by atoms with Crippen molar-refractivity contribution in [3.63, 3.8) is 0 Å². The first-order valence-corrected chi connectivity index (χ1v) is 25.8. The predicted octanol–water partition coefficient (Wildman–Crippen LogP) is 8.66. The molecule has 0 N–H and O–H groups in total. The number of nitrogens with zero attached hydrogens (tertiary/aromatic N) is 7. The van der Waals surface area contributed by atoms with E-state index < -0.39 is 0 Å². The van der Waals surface area contributed by atoms with Gasteiger partial charge in [0.15, 0.2) is 23.0 Å². The van der Waals surface area contributed by atoms with Crippen molar-refractivity contribution < 1.29 is 33.3 Å². The zero-order chi connectivity index (χ0) is 47.2. The maximum absolute atomic E-state index is 13.7. The average molecular weight is 950 g/mol. The number of hydrogen-bond acceptors (Lipinski definition) is 13. The Kier molecular flexibility index (Phi) is 15.3. The van der Waals surface area contributed by atoms with Crippen LogP contribution in [-0.4, -0.2) is 138 Å². The van der Waals surface area contributed by atoms with Crippen molar-refractivity contribution in [3.8, 4) is 23.0 Å². The van der Waals surface area contributed by atoms with E-state index in [4.69, 9.17) is 33.9 Å². The molecule has 5 aliphatic heterocycles. The highest BCUT2D eigenvalue weighted by atomic mass is 33.1. The number of rotatable bonds is 17. The molecule has 0 unspecified atom stereocenters. The molecule has 1 aromatic heterocycles. The summed E-state index contributed by atoms with van der Waals surface area (Å²) in [4.78, 5) is 63.2. The molecular weight excluding hydrogens is 887 g/mol. The fourth-order valence-corrected chi connectivity index (χ4v) is 11.6. The molecule has 0 saturated carbocycles. The van der Waals surface area contributed by atoms with Crippen molar-refractivity contribution in [2.75, 3.05) is 66.3 Å². The number of carbonyl (C=O) groups excluding carboxylic acids is 3. The van der Waals surface area contributed by atoms with Crippen molar-refractivity contribution in [1.82, 2.24) is 24.6 Å². The van der Waals surface area contributed by atoms with Crippen molar-refractivity contribution in [2.45, 2.75) is 96.3 Å². The van der Waals surface area contributed by atoms with E-state index in [0.717, 1.165) is 70.4 Å². The SMILES string of the molecule is C/C=C1/C[C@H]2C=Nc3cc(OCc4cc(CCCN5CCN(C(=O)CCC(C)(C)SSC)CC5)cc(COc5cc6c(cc5OC)C(=O)N5C/C(=C/C)C[C@H]5C=N6)n4)c(OC)cc3C(=O)N2C1. The van der Waals surface area contributed by atoms with Crippen LogP contribution in [0.25, 0.3) is 0 Å². The Labute approximate surface area is 402 Å². The van der Waals surface area contributed by atoms with Crippen molar-refractivity contribution in [2.24, 2.45) is 9.98 Å². The Bertz CT molecular complexity index is 2340.